The molecule has 0 unspecified atom stereocenters. The highest BCUT2D eigenvalue weighted by atomic mass is 19.4. The molecule has 0 radical (unpaired) electrons. The Morgan fingerprint density at radius 2 is 1.78 bits per heavy atom. The Bertz CT molecular complexity index is 927. The number of para-hydroxylation sites is 1. The van der Waals surface area contributed by atoms with Gasteiger partial charge in [0.25, 0.3) is 0 Å². The fourth-order valence-corrected chi connectivity index (χ4v) is 2.77. The van der Waals surface area contributed by atoms with Crippen LogP contribution in [0.15, 0.2) is 53.5 Å². The zero-order chi connectivity index (χ0) is 19.4. The Balaban J connectivity index is 1.64. The first-order chi connectivity index (χ1) is 12.9. The molecule has 0 spiro atoms. The predicted octanol–water partition coefficient (Wildman–Crippen LogP) is 4.19. The van der Waals surface area contributed by atoms with Crippen molar-refractivity contribution in [3.8, 4) is 0 Å². The van der Waals surface area contributed by atoms with E-state index in [1.54, 1.807) is 0 Å². The second kappa shape index (κ2) is 7.69. The van der Waals surface area contributed by atoms with Gasteiger partial charge in [0, 0.05) is 24.8 Å². The molecule has 0 aliphatic rings. The lowest BCUT2D eigenvalue weighted by Gasteiger charge is -2.15. The number of benzene rings is 2. The van der Waals surface area contributed by atoms with Gasteiger partial charge in [-0.15, -0.1) is 0 Å². The molecule has 0 saturated carbocycles. The van der Waals surface area contributed by atoms with Crippen molar-refractivity contribution in [3.05, 3.63) is 71.2 Å². The highest BCUT2D eigenvalue weighted by molar-refractivity contribution is 5.81. The Hall–Kier alpha value is -3.03. The molecule has 3 N–H and O–H groups in total. The van der Waals surface area contributed by atoms with Gasteiger partial charge in [-0.25, -0.2) is 4.39 Å². The first-order valence-electron chi connectivity index (χ1n) is 8.23. The number of nitrogens with one attached hydrogen (secondary N) is 3. The van der Waals surface area contributed by atoms with Crippen LogP contribution in [0.5, 0.6) is 0 Å². The van der Waals surface area contributed by atoms with Gasteiger partial charge in [0.05, 0.1) is 12.1 Å². The van der Waals surface area contributed by atoms with Crippen molar-refractivity contribution in [3.63, 3.8) is 0 Å². The number of hydrogen-bond acceptors (Lipinski definition) is 1. The number of aromatic nitrogens is 1. The number of fused-ring (bicyclic) bond motifs is 1. The third-order valence-electron chi connectivity index (χ3n) is 4.08. The summed E-state index contributed by atoms with van der Waals surface area (Å²) in [4.78, 5) is 7.26. The minimum atomic E-state index is -4.62. The molecule has 1 aromatic heterocycles. The molecule has 142 valence electrons. The van der Waals surface area contributed by atoms with E-state index in [9.17, 15) is 17.6 Å². The van der Waals surface area contributed by atoms with Gasteiger partial charge in [-0.3, -0.25) is 4.99 Å². The van der Waals surface area contributed by atoms with Crippen LogP contribution in [0, 0.1) is 5.82 Å². The average Bonchev–Trinajstić information content (AvgIpc) is 3.05. The molecule has 2 aromatic carbocycles. The van der Waals surface area contributed by atoms with Crippen molar-refractivity contribution in [1.29, 1.82) is 0 Å². The van der Waals surface area contributed by atoms with E-state index in [1.807, 2.05) is 30.3 Å². The summed E-state index contributed by atoms with van der Waals surface area (Å²) in [5, 5.41) is 6.93. The lowest BCUT2D eigenvalue weighted by molar-refractivity contribution is -0.138. The monoisotopic (exact) mass is 378 g/mol. The van der Waals surface area contributed by atoms with Gasteiger partial charge in [-0.05, 0) is 35.2 Å². The van der Waals surface area contributed by atoms with Crippen molar-refractivity contribution < 1.29 is 17.6 Å². The number of rotatable bonds is 4. The minimum Gasteiger partial charge on any atom is -0.357 e. The second-order valence-electron chi connectivity index (χ2n) is 5.96. The second-order valence-corrected chi connectivity index (χ2v) is 5.96. The number of guanidine groups is 1. The summed E-state index contributed by atoms with van der Waals surface area (Å²) in [6.45, 7) is 0.283. The average molecular weight is 378 g/mol. The Labute approximate surface area is 153 Å². The third-order valence-corrected chi connectivity index (χ3v) is 4.08. The standard InChI is InChI=1S/C19H18F4N4/c1-24-18(26-11-15-8-12-4-2-3-5-17(12)27-15)25-10-13-6-7-14(20)9-16(13)19(21,22)23/h2-9,27H,10-11H2,1H3,(H2,24,25,26). The fraction of sp³-hybridized carbons (Fsp3) is 0.211. The molecule has 8 heteroatoms. The van der Waals surface area contributed by atoms with Crippen LogP contribution in [0.4, 0.5) is 17.6 Å². The minimum absolute atomic E-state index is 0.0579. The SMILES string of the molecule is CN=C(NCc1cc2ccccc2[nH]1)NCc1ccc(F)cc1C(F)(F)F. The van der Waals surface area contributed by atoms with E-state index in [0.29, 0.717) is 18.6 Å². The number of alkyl halides is 3. The van der Waals surface area contributed by atoms with Gasteiger partial charge in [0.1, 0.15) is 5.82 Å². The molecule has 0 fully saturated rings. The van der Waals surface area contributed by atoms with Gasteiger partial charge in [-0.2, -0.15) is 13.2 Å². The maximum atomic E-state index is 13.2. The Morgan fingerprint density at radius 1 is 1.04 bits per heavy atom. The van der Waals surface area contributed by atoms with Gasteiger partial charge in [0.15, 0.2) is 5.96 Å². The third kappa shape index (κ3) is 4.58. The summed E-state index contributed by atoms with van der Waals surface area (Å²) in [6, 6.07) is 12.4. The number of nitrogens with zero attached hydrogens (tertiary/aromatic N) is 1. The molecule has 0 bridgehead atoms. The summed E-state index contributed by atoms with van der Waals surface area (Å²) in [5.74, 6) is -0.585. The number of aliphatic imine (C=N–C) groups is 1. The van der Waals surface area contributed by atoms with Gasteiger partial charge in [-0.1, -0.05) is 24.3 Å². The van der Waals surface area contributed by atoms with E-state index in [4.69, 9.17) is 0 Å². The smallest absolute Gasteiger partial charge is 0.357 e. The molecule has 0 amide bonds. The number of halogens is 4. The summed E-state index contributed by atoms with van der Waals surface area (Å²) < 4.78 is 52.4. The highest BCUT2D eigenvalue weighted by Crippen LogP contribution is 2.32. The first-order valence-corrected chi connectivity index (χ1v) is 8.23. The molecule has 3 rings (SSSR count). The summed E-state index contributed by atoms with van der Waals surface area (Å²) in [5.41, 5.74) is 0.855. The van der Waals surface area contributed by atoms with E-state index in [0.717, 1.165) is 28.7 Å². The number of hydrogen-bond donors (Lipinski definition) is 3. The molecule has 0 aliphatic carbocycles. The largest absolute Gasteiger partial charge is 0.416 e. The van der Waals surface area contributed by atoms with Crippen molar-refractivity contribution in [2.24, 2.45) is 4.99 Å². The summed E-state index contributed by atoms with van der Waals surface area (Å²) >= 11 is 0. The number of H-pyrrole nitrogens is 1. The molecule has 27 heavy (non-hydrogen) atoms. The Kier molecular flexibility index (Phi) is 5.34. The summed E-state index contributed by atoms with van der Waals surface area (Å²) in [7, 11) is 1.52. The van der Waals surface area contributed by atoms with Crippen LogP contribution in [-0.4, -0.2) is 18.0 Å². The van der Waals surface area contributed by atoms with E-state index >= 15 is 0 Å². The van der Waals surface area contributed by atoms with Crippen LogP contribution in [-0.2, 0) is 19.3 Å². The molecule has 0 saturated heterocycles. The molecule has 0 atom stereocenters. The number of aromatic amines is 1. The van der Waals surface area contributed by atoms with E-state index in [2.05, 4.69) is 20.6 Å². The fourth-order valence-electron chi connectivity index (χ4n) is 2.77. The van der Waals surface area contributed by atoms with Crippen molar-refractivity contribution in [1.82, 2.24) is 15.6 Å². The molecular weight excluding hydrogens is 360 g/mol. The molecular formula is C19H18F4N4. The Morgan fingerprint density at radius 3 is 2.48 bits per heavy atom. The van der Waals surface area contributed by atoms with Gasteiger partial charge < -0.3 is 15.6 Å². The van der Waals surface area contributed by atoms with Crippen LogP contribution in [0.2, 0.25) is 0 Å². The normalized spacial score (nSPS) is 12.4. The molecule has 3 aromatic rings. The quantitative estimate of drug-likeness (QED) is 0.362. The van der Waals surface area contributed by atoms with E-state index in [-0.39, 0.29) is 12.1 Å². The maximum Gasteiger partial charge on any atom is 0.416 e. The maximum absolute atomic E-state index is 13.2. The first kappa shape index (κ1) is 18.8. The van der Waals surface area contributed by atoms with Crippen LogP contribution in [0.25, 0.3) is 10.9 Å². The van der Waals surface area contributed by atoms with Crippen LogP contribution >= 0.6 is 0 Å². The van der Waals surface area contributed by atoms with Crippen LogP contribution < -0.4 is 10.6 Å². The van der Waals surface area contributed by atoms with Crippen molar-refractivity contribution >= 4 is 16.9 Å². The lowest BCUT2D eigenvalue weighted by atomic mass is 10.1. The van der Waals surface area contributed by atoms with Crippen LogP contribution in [0.3, 0.4) is 0 Å². The topological polar surface area (TPSA) is 52.2 Å². The zero-order valence-corrected chi connectivity index (χ0v) is 14.5. The van der Waals surface area contributed by atoms with Crippen molar-refractivity contribution in [2.75, 3.05) is 7.05 Å². The lowest BCUT2D eigenvalue weighted by Crippen LogP contribution is -2.36. The van der Waals surface area contributed by atoms with Crippen LogP contribution in [0.1, 0.15) is 16.8 Å². The summed E-state index contributed by atoms with van der Waals surface area (Å²) in [6.07, 6.45) is -4.62. The van der Waals surface area contributed by atoms with Gasteiger partial charge in [0.2, 0.25) is 0 Å². The molecule has 0 aliphatic heterocycles. The van der Waals surface area contributed by atoms with E-state index in [1.165, 1.54) is 7.05 Å². The molecule has 4 nitrogen and oxygen atoms in total. The van der Waals surface area contributed by atoms with Gasteiger partial charge >= 0.3 is 6.18 Å². The van der Waals surface area contributed by atoms with E-state index < -0.39 is 17.6 Å². The van der Waals surface area contributed by atoms with Crippen molar-refractivity contribution in [2.45, 2.75) is 19.3 Å². The zero-order valence-electron chi connectivity index (χ0n) is 14.5. The molecule has 1 heterocycles. The predicted molar refractivity (Wildman–Crippen MR) is 96.7 cm³/mol. The highest BCUT2D eigenvalue weighted by Gasteiger charge is 2.33.